The van der Waals surface area contributed by atoms with Gasteiger partial charge >= 0.3 is 12.3 Å². The molecule has 0 fully saturated rings. The van der Waals surface area contributed by atoms with Gasteiger partial charge in [-0.05, 0) is 45.7 Å². The third-order valence-corrected chi connectivity index (χ3v) is 4.90. The van der Waals surface area contributed by atoms with Crippen LogP contribution in [0.1, 0.15) is 45.4 Å². The maximum Gasteiger partial charge on any atom is 0.414 e. The summed E-state index contributed by atoms with van der Waals surface area (Å²) in [5.41, 5.74) is 0.835. The Morgan fingerprint density at radius 2 is 1.88 bits per heavy atom. The number of hydrogen-bond donors (Lipinski definition) is 0. The largest absolute Gasteiger partial charge is 0.455 e. The van der Waals surface area contributed by atoms with Crippen LogP contribution in [0.4, 0.5) is 28.0 Å². The molecule has 0 aliphatic heterocycles. The lowest BCUT2D eigenvalue weighted by Gasteiger charge is -2.28. The Morgan fingerprint density at radius 3 is 2.50 bits per heavy atom. The smallest absolute Gasteiger partial charge is 0.414 e. The van der Waals surface area contributed by atoms with Crippen LogP contribution in [0.2, 0.25) is 0 Å². The van der Waals surface area contributed by atoms with E-state index in [0.29, 0.717) is 12.0 Å². The summed E-state index contributed by atoms with van der Waals surface area (Å²) in [6.45, 7) is 7.82. The molecule has 34 heavy (non-hydrogen) atoms. The van der Waals surface area contributed by atoms with E-state index in [0.717, 1.165) is 10.6 Å². The van der Waals surface area contributed by atoms with Crippen molar-refractivity contribution in [3.05, 3.63) is 53.7 Å². The fourth-order valence-electron chi connectivity index (χ4n) is 3.29. The number of hydrogen-bond acceptors (Lipinski definition) is 4. The zero-order chi connectivity index (χ0) is 25.3. The van der Waals surface area contributed by atoms with Gasteiger partial charge in [0.05, 0.1) is 18.3 Å². The van der Waals surface area contributed by atoms with E-state index in [4.69, 9.17) is 9.47 Å². The number of ether oxygens (including phenoxy) is 2. The molecule has 0 saturated heterocycles. The van der Waals surface area contributed by atoms with Crippen LogP contribution in [-0.2, 0) is 11.2 Å². The topological polar surface area (TPSA) is 56.1 Å². The van der Waals surface area contributed by atoms with E-state index in [-0.39, 0.29) is 22.8 Å². The van der Waals surface area contributed by atoms with Crippen LogP contribution in [0.5, 0.6) is 11.5 Å². The first-order valence-electron chi connectivity index (χ1n) is 10.8. The van der Waals surface area contributed by atoms with Crippen molar-refractivity contribution < 1.29 is 31.8 Å². The first-order chi connectivity index (χ1) is 15.8. The Balaban J connectivity index is 2.14. The number of rotatable bonds is 6. The van der Waals surface area contributed by atoms with Gasteiger partial charge in [-0.25, -0.2) is 14.2 Å². The number of nitrogens with zero attached hydrogens (tertiary/aromatic N) is 3. The van der Waals surface area contributed by atoms with Gasteiger partial charge < -0.3 is 9.47 Å². The molecule has 1 aromatic carbocycles. The Morgan fingerprint density at radius 1 is 1.18 bits per heavy atom. The van der Waals surface area contributed by atoms with Gasteiger partial charge in [0.25, 0.3) is 0 Å². The lowest BCUT2D eigenvalue weighted by atomic mass is 10.2. The second-order valence-corrected chi connectivity index (χ2v) is 8.87. The summed E-state index contributed by atoms with van der Waals surface area (Å²) in [7, 11) is 0. The Labute approximate surface area is 195 Å². The van der Waals surface area contributed by atoms with Crippen molar-refractivity contribution in [2.24, 2.45) is 0 Å². The maximum atomic E-state index is 13.8. The highest BCUT2D eigenvalue weighted by molar-refractivity contribution is 5.93. The van der Waals surface area contributed by atoms with E-state index >= 15 is 0 Å². The van der Waals surface area contributed by atoms with Crippen molar-refractivity contribution in [1.82, 2.24) is 9.38 Å². The number of amides is 1. The predicted octanol–water partition coefficient (Wildman–Crippen LogP) is 6.83. The SMILES string of the molecule is CCc1cnc2c(N(CCC(F)(F)F)C(=O)OC(C)(C)C)cc(Oc3cc(F)ccc3C)cn12. The van der Waals surface area contributed by atoms with E-state index in [1.807, 2.05) is 6.92 Å². The molecule has 0 bridgehead atoms. The lowest BCUT2D eigenvalue weighted by Crippen LogP contribution is -2.39. The number of alkyl halides is 3. The van der Waals surface area contributed by atoms with Crippen molar-refractivity contribution in [2.75, 3.05) is 11.4 Å². The molecule has 0 N–H and O–H groups in total. The molecular weight excluding hydrogens is 454 g/mol. The summed E-state index contributed by atoms with van der Waals surface area (Å²) < 4.78 is 66.0. The van der Waals surface area contributed by atoms with Crippen LogP contribution in [0, 0.1) is 12.7 Å². The number of pyridine rings is 1. The molecule has 0 atom stereocenters. The summed E-state index contributed by atoms with van der Waals surface area (Å²) in [6.07, 6.45) is -2.93. The van der Waals surface area contributed by atoms with Crippen molar-refractivity contribution >= 4 is 17.4 Å². The molecule has 1 amide bonds. The average molecular weight is 481 g/mol. The van der Waals surface area contributed by atoms with Crippen LogP contribution in [0.25, 0.3) is 5.65 Å². The van der Waals surface area contributed by atoms with Crippen LogP contribution < -0.4 is 9.64 Å². The number of carbonyl (C=O) groups excluding carboxylic acids is 1. The van der Waals surface area contributed by atoms with Gasteiger partial charge in [0.1, 0.15) is 22.9 Å². The number of imidazole rings is 1. The summed E-state index contributed by atoms with van der Waals surface area (Å²) in [6, 6.07) is 5.47. The van der Waals surface area contributed by atoms with Gasteiger partial charge in [0.15, 0.2) is 5.65 Å². The highest BCUT2D eigenvalue weighted by Crippen LogP contribution is 2.34. The summed E-state index contributed by atoms with van der Waals surface area (Å²) >= 11 is 0. The van der Waals surface area contributed by atoms with E-state index in [2.05, 4.69) is 4.98 Å². The first kappa shape index (κ1) is 25.3. The minimum Gasteiger partial charge on any atom is -0.455 e. The number of anilines is 1. The van der Waals surface area contributed by atoms with Crippen LogP contribution in [-0.4, -0.2) is 33.8 Å². The molecule has 0 saturated carbocycles. The van der Waals surface area contributed by atoms with Crippen molar-refractivity contribution in [3.8, 4) is 11.5 Å². The predicted molar refractivity (Wildman–Crippen MR) is 120 cm³/mol. The van der Waals surface area contributed by atoms with Gasteiger partial charge in [0, 0.05) is 30.6 Å². The van der Waals surface area contributed by atoms with Gasteiger partial charge in [-0.15, -0.1) is 0 Å². The molecule has 0 aliphatic rings. The number of halogens is 4. The van der Waals surface area contributed by atoms with E-state index in [1.165, 1.54) is 18.2 Å². The number of carbonyl (C=O) groups is 1. The highest BCUT2D eigenvalue weighted by Gasteiger charge is 2.33. The second kappa shape index (κ2) is 9.52. The minimum atomic E-state index is -4.49. The van der Waals surface area contributed by atoms with Gasteiger partial charge in [-0.3, -0.25) is 9.30 Å². The molecule has 0 aliphatic carbocycles. The number of benzene rings is 1. The molecule has 2 aromatic heterocycles. The van der Waals surface area contributed by atoms with Crippen LogP contribution in [0.15, 0.2) is 36.7 Å². The van der Waals surface area contributed by atoms with Crippen molar-refractivity contribution in [2.45, 2.75) is 59.2 Å². The van der Waals surface area contributed by atoms with Gasteiger partial charge in [0.2, 0.25) is 0 Å². The number of aryl methyl sites for hydroxylation is 2. The zero-order valence-corrected chi connectivity index (χ0v) is 19.7. The van der Waals surface area contributed by atoms with Crippen molar-refractivity contribution in [3.63, 3.8) is 0 Å². The molecule has 0 spiro atoms. The fourth-order valence-corrected chi connectivity index (χ4v) is 3.29. The Kier molecular flexibility index (Phi) is 7.09. The third kappa shape index (κ3) is 6.18. The number of fused-ring (bicyclic) bond motifs is 1. The van der Waals surface area contributed by atoms with E-state index < -0.39 is 36.7 Å². The summed E-state index contributed by atoms with van der Waals surface area (Å²) in [5.74, 6) is -0.0635. The van der Waals surface area contributed by atoms with Crippen LogP contribution >= 0.6 is 0 Å². The molecule has 10 heteroatoms. The molecule has 184 valence electrons. The summed E-state index contributed by atoms with van der Waals surface area (Å²) in [4.78, 5) is 18.2. The average Bonchev–Trinajstić information content (AvgIpc) is 3.11. The molecule has 0 unspecified atom stereocenters. The van der Waals surface area contributed by atoms with Crippen molar-refractivity contribution in [1.29, 1.82) is 0 Å². The first-order valence-corrected chi connectivity index (χ1v) is 10.8. The van der Waals surface area contributed by atoms with Gasteiger partial charge in [-0.1, -0.05) is 13.0 Å². The summed E-state index contributed by atoms with van der Waals surface area (Å²) in [5, 5.41) is 0. The second-order valence-electron chi connectivity index (χ2n) is 8.87. The normalized spacial score (nSPS) is 12.1. The third-order valence-electron chi connectivity index (χ3n) is 4.90. The zero-order valence-electron chi connectivity index (χ0n) is 19.7. The minimum absolute atomic E-state index is 0.0877. The Bertz CT molecular complexity index is 1180. The number of aromatic nitrogens is 2. The van der Waals surface area contributed by atoms with Gasteiger partial charge in [-0.2, -0.15) is 13.2 Å². The standard InChI is InChI=1S/C24H27F4N3O3/c1-6-17-13-29-21-19(30(10-9-24(26,27)28)22(32)34-23(3,4)5)12-18(14-31(17)21)33-20-11-16(25)8-7-15(20)2/h7-8,11-14H,6,9-10H2,1-5H3. The molecule has 3 rings (SSSR count). The Hall–Kier alpha value is -3.30. The van der Waals surface area contributed by atoms with Crippen LogP contribution in [0.3, 0.4) is 0 Å². The molecule has 0 radical (unpaired) electrons. The monoisotopic (exact) mass is 481 g/mol. The quantitative estimate of drug-likeness (QED) is 0.362. The molecular formula is C24H27F4N3O3. The molecule has 6 nitrogen and oxygen atoms in total. The molecule has 2 heterocycles. The maximum absolute atomic E-state index is 13.8. The molecule has 3 aromatic rings. The van der Waals surface area contributed by atoms with E-state index in [9.17, 15) is 22.4 Å². The highest BCUT2D eigenvalue weighted by atomic mass is 19.4. The lowest BCUT2D eigenvalue weighted by molar-refractivity contribution is -0.132. The fraction of sp³-hybridized carbons (Fsp3) is 0.417. The van der Waals surface area contributed by atoms with E-state index in [1.54, 1.807) is 50.6 Å².